The minimum Gasteiger partial charge on any atom is -0.368 e. The van der Waals surface area contributed by atoms with E-state index in [9.17, 15) is 9.59 Å². The molecule has 6 nitrogen and oxygen atoms in total. The number of amides is 2. The fourth-order valence-electron chi connectivity index (χ4n) is 3.07. The van der Waals surface area contributed by atoms with Gasteiger partial charge in [0.25, 0.3) is 5.91 Å². The van der Waals surface area contributed by atoms with Crippen LogP contribution in [-0.2, 0) is 9.59 Å². The molecule has 0 fully saturated rings. The van der Waals surface area contributed by atoms with E-state index < -0.39 is 11.9 Å². The van der Waals surface area contributed by atoms with E-state index in [2.05, 4.69) is 10.4 Å². The molecular formula is C20H21ClN4O2. The topological polar surface area (TPSA) is 87.8 Å². The van der Waals surface area contributed by atoms with Gasteiger partial charge < -0.3 is 11.1 Å². The lowest BCUT2D eigenvalue weighted by Gasteiger charge is -2.20. The number of hydrazone groups is 1. The monoisotopic (exact) mass is 384 g/mol. The van der Waals surface area contributed by atoms with Crippen LogP contribution >= 0.6 is 11.6 Å². The molecule has 0 aromatic heterocycles. The Morgan fingerprint density at radius 3 is 2.63 bits per heavy atom. The molecule has 0 saturated heterocycles. The Balaban J connectivity index is 1.80. The second-order valence-electron chi connectivity index (χ2n) is 6.34. The van der Waals surface area contributed by atoms with Gasteiger partial charge in [-0.1, -0.05) is 48.9 Å². The Morgan fingerprint density at radius 1 is 1.26 bits per heavy atom. The summed E-state index contributed by atoms with van der Waals surface area (Å²) < 4.78 is 0. The van der Waals surface area contributed by atoms with Gasteiger partial charge >= 0.3 is 0 Å². The number of primary amides is 1. The Bertz CT molecular complexity index is 869. The molecular weight excluding hydrogens is 364 g/mol. The summed E-state index contributed by atoms with van der Waals surface area (Å²) in [7, 11) is 0. The number of nitrogens with two attached hydrogens (primary N) is 1. The molecule has 1 aliphatic heterocycles. The van der Waals surface area contributed by atoms with Crippen LogP contribution in [0.15, 0.2) is 59.7 Å². The fraction of sp³-hybridized carbons (Fsp3) is 0.250. The fourth-order valence-corrected chi connectivity index (χ4v) is 3.27. The number of nitrogens with one attached hydrogen (secondary N) is 1. The normalized spacial score (nSPS) is 17.3. The van der Waals surface area contributed by atoms with Crippen molar-refractivity contribution in [2.75, 3.05) is 5.01 Å². The third kappa shape index (κ3) is 4.28. The second-order valence-corrected chi connectivity index (χ2v) is 6.77. The molecule has 0 radical (unpaired) electrons. The largest absolute Gasteiger partial charge is 0.368 e. The molecule has 2 amide bonds. The van der Waals surface area contributed by atoms with E-state index in [1.165, 1.54) is 5.01 Å². The molecule has 7 heteroatoms. The highest BCUT2D eigenvalue weighted by Gasteiger charge is 2.35. The van der Waals surface area contributed by atoms with Gasteiger partial charge in [0.05, 0.1) is 11.7 Å². The van der Waals surface area contributed by atoms with Crippen molar-refractivity contribution in [1.82, 2.24) is 5.32 Å². The molecule has 2 aromatic rings. The van der Waals surface area contributed by atoms with Crippen LogP contribution in [0.25, 0.3) is 0 Å². The SMILES string of the molecule is CCC(NC(=O)C1=NN(c2ccccc2)C(C(N)=O)C1)c1cccc(Cl)c1. The first-order valence-electron chi connectivity index (χ1n) is 8.77. The van der Waals surface area contributed by atoms with Gasteiger partial charge in [0.1, 0.15) is 11.8 Å². The van der Waals surface area contributed by atoms with Crippen LogP contribution in [0, 0.1) is 0 Å². The summed E-state index contributed by atoms with van der Waals surface area (Å²) in [4.78, 5) is 24.6. The van der Waals surface area contributed by atoms with Gasteiger partial charge in [-0.2, -0.15) is 5.10 Å². The van der Waals surface area contributed by atoms with Crippen LogP contribution in [0.2, 0.25) is 5.02 Å². The van der Waals surface area contributed by atoms with Crippen LogP contribution in [0.5, 0.6) is 0 Å². The van der Waals surface area contributed by atoms with Gasteiger partial charge in [-0.05, 0) is 36.2 Å². The molecule has 140 valence electrons. The maximum absolute atomic E-state index is 12.8. The van der Waals surface area contributed by atoms with Gasteiger partial charge in [-0.3, -0.25) is 14.6 Å². The number of halogens is 1. The molecule has 0 bridgehead atoms. The van der Waals surface area contributed by atoms with E-state index in [0.29, 0.717) is 17.1 Å². The van der Waals surface area contributed by atoms with Crippen LogP contribution in [0.1, 0.15) is 31.4 Å². The Labute approximate surface area is 163 Å². The van der Waals surface area contributed by atoms with E-state index >= 15 is 0 Å². The lowest BCUT2D eigenvalue weighted by molar-refractivity contribution is -0.119. The van der Waals surface area contributed by atoms with Crippen molar-refractivity contribution < 1.29 is 9.59 Å². The number of anilines is 1. The zero-order chi connectivity index (χ0) is 19.4. The molecule has 2 aromatic carbocycles. The van der Waals surface area contributed by atoms with Crippen LogP contribution in [0.3, 0.4) is 0 Å². The highest BCUT2D eigenvalue weighted by Crippen LogP contribution is 2.25. The van der Waals surface area contributed by atoms with E-state index in [-0.39, 0.29) is 24.1 Å². The first-order chi connectivity index (χ1) is 13.0. The molecule has 0 saturated carbocycles. The zero-order valence-electron chi connectivity index (χ0n) is 14.9. The predicted molar refractivity (Wildman–Crippen MR) is 107 cm³/mol. The first kappa shape index (κ1) is 18.9. The molecule has 0 aliphatic carbocycles. The lowest BCUT2D eigenvalue weighted by atomic mass is 10.0. The van der Waals surface area contributed by atoms with Crippen molar-refractivity contribution in [1.29, 1.82) is 0 Å². The molecule has 27 heavy (non-hydrogen) atoms. The smallest absolute Gasteiger partial charge is 0.268 e. The molecule has 2 atom stereocenters. The minimum absolute atomic E-state index is 0.169. The third-order valence-corrected chi connectivity index (χ3v) is 4.72. The Kier molecular flexibility index (Phi) is 5.76. The van der Waals surface area contributed by atoms with Crippen molar-refractivity contribution in [2.24, 2.45) is 10.8 Å². The van der Waals surface area contributed by atoms with Crippen molar-refractivity contribution in [2.45, 2.75) is 31.8 Å². The third-order valence-electron chi connectivity index (χ3n) is 4.49. The summed E-state index contributed by atoms with van der Waals surface area (Å²) in [5.74, 6) is -0.834. The number of carbonyl (C=O) groups excluding carboxylic acids is 2. The second kappa shape index (κ2) is 8.22. The van der Waals surface area contributed by atoms with Crippen molar-refractivity contribution in [3.05, 3.63) is 65.2 Å². The van der Waals surface area contributed by atoms with E-state index in [1.54, 1.807) is 6.07 Å². The summed E-state index contributed by atoms with van der Waals surface area (Å²) in [5, 5.41) is 9.47. The summed E-state index contributed by atoms with van der Waals surface area (Å²) in [6.45, 7) is 1.98. The van der Waals surface area contributed by atoms with Crippen molar-refractivity contribution in [3.8, 4) is 0 Å². The molecule has 0 spiro atoms. The minimum atomic E-state index is -0.681. The number of nitrogens with zero attached hydrogens (tertiary/aromatic N) is 2. The standard InChI is InChI=1S/C20H21ClN4O2/c1-2-16(13-7-6-8-14(21)11-13)23-20(27)17-12-18(19(22)26)25(24-17)15-9-4-3-5-10-15/h3-11,16,18H,2,12H2,1H3,(H2,22,26)(H,23,27). The van der Waals surface area contributed by atoms with Crippen LogP contribution in [-0.4, -0.2) is 23.6 Å². The molecule has 3 N–H and O–H groups in total. The highest BCUT2D eigenvalue weighted by molar-refractivity contribution is 6.40. The number of para-hydroxylation sites is 1. The average Bonchev–Trinajstić information content (AvgIpc) is 3.12. The maximum atomic E-state index is 12.8. The van der Waals surface area contributed by atoms with Crippen LogP contribution < -0.4 is 16.1 Å². The number of hydrogen-bond acceptors (Lipinski definition) is 4. The summed E-state index contributed by atoms with van der Waals surface area (Å²) in [6, 6.07) is 15.7. The predicted octanol–water partition coefficient (Wildman–Crippen LogP) is 3.03. The molecule has 1 heterocycles. The lowest BCUT2D eigenvalue weighted by Crippen LogP contribution is -2.40. The van der Waals surface area contributed by atoms with E-state index in [1.807, 2.05) is 55.5 Å². The highest BCUT2D eigenvalue weighted by atomic mass is 35.5. The summed E-state index contributed by atoms with van der Waals surface area (Å²) in [6.07, 6.45) is 0.864. The average molecular weight is 385 g/mol. The maximum Gasteiger partial charge on any atom is 0.268 e. The zero-order valence-corrected chi connectivity index (χ0v) is 15.7. The molecule has 2 unspecified atom stereocenters. The van der Waals surface area contributed by atoms with Crippen molar-refractivity contribution >= 4 is 34.8 Å². The number of rotatable bonds is 6. The molecule has 1 aliphatic rings. The number of hydrogen-bond donors (Lipinski definition) is 2. The molecule has 3 rings (SSSR count). The van der Waals surface area contributed by atoms with Crippen LogP contribution in [0.4, 0.5) is 5.69 Å². The van der Waals surface area contributed by atoms with E-state index in [4.69, 9.17) is 17.3 Å². The van der Waals surface area contributed by atoms with Gasteiger partial charge in [0.2, 0.25) is 5.91 Å². The summed E-state index contributed by atoms with van der Waals surface area (Å²) >= 11 is 6.06. The quantitative estimate of drug-likeness (QED) is 0.802. The summed E-state index contributed by atoms with van der Waals surface area (Å²) in [5.41, 5.74) is 7.44. The Hall–Kier alpha value is -2.86. The number of benzene rings is 2. The van der Waals surface area contributed by atoms with Gasteiger partial charge in [0, 0.05) is 11.4 Å². The van der Waals surface area contributed by atoms with Gasteiger partial charge in [-0.15, -0.1) is 0 Å². The van der Waals surface area contributed by atoms with Gasteiger partial charge in [-0.25, -0.2) is 0 Å². The van der Waals surface area contributed by atoms with E-state index in [0.717, 1.165) is 5.56 Å². The first-order valence-corrected chi connectivity index (χ1v) is 9.14. The Morgan fingerprint density at radius 2 is 2.00 bits per heavy atom. The van der Waals surface area contributed by atoms with Crippen molar-refractivity contribution in [3.63, 3.8) is 0 Å². The van der Waals surface area contributed by atoms with Gasteiger partial charge in [0.15, 0.2) is 0 Å². The number of carbonyl (C=O) groups is 2.